The van der Waals surface area contributed by atoms with E-state index in [0.717, 1.165) is 17.7 Å². The van der Waals surface area contributed by atoms with Crippen LogP contribution in [0.25, 0.3) is 11.3 Å². The van der Waals surface area contributed by atoms with Crippen LogP contribution in [0.2, 0.25) is 0 Å². The minimum atomic E-state index is -0.0713. The summed E-state index contributed by atoms with van der Waals surface area (Å²) in [6, 6.07) is 10.1. The molecule has 1 aliphatic rings. The van der Waals surface area contributed by atoms with Crippen molar-refractivity contribution < 1.29 is 0 Å². The summed E-state index contributed by atoms with van der Waals surface area (Å²) < 4.78 is 0. The number of hydrogen-bond donors (Lipinski definition) is 2. The van der Waals surface area contributed by atoms with E-state index in [1.165, 1.54) is 11.1 Å². The summed E-state index contributed by atoms with van der Waals surface area (Å²) in [6.07, 6.45) is 0.884. The van der Waals surface area contributed by atoms with E-state index in [0.29, 0.717) is 12.1 Å². The first-order chi connectivity index (χ1) is 7.79. The number of nitrogens with two attached hydrogens (primary N) is 1. The van der Waals surface area contributed by atoms with Crippen molar-refractivity contribution in [2.75, 3.05) is 0 Å². The predicted molar refractivity (Wildman–Crippen MR) is 63.2 cm³/mol. The van der Waals surface area contributed by atoms with Crippen molar-refractivity contribution in [3.8, 4) is 11.3 Å². The van der Waals surface area contributed by atoms with Crippen molar-refractivity contribution >= 4 is 0 Å². The van der Waals surface area contributed by atoms with Gasteiger partial charge in [0.15, 0.2) is 0 Å². The van der Waals surface area contributed by atoms with Gasteiger partial charge in [0, 0.05) is 24.1 Å². The Balaban J connectivity index is 2.27. The number of benzene rings is 1. The average molecular weight is 212 g/mol. The fraction of sp³-hybridized carbons (Fsp3) is 0.154. The molecule has 2 aromatic rings. The lowest BCUT2D eigenvalue weighted by atomic mass is 10.1. The fourth-order valence-corrected chi connectivity index (χ4v) is 2.28. The normalized spacial score (nSPS) is 12.3. The molecule has 16 heavy (non-hydrogen) atoms. The van der Waals surface area contributed by atoms with Crippen LogP contribution in [0.4, 0.5) is 0 Å². The summed E-state index contributed by atoms with van der Waals surface area (Å²) in [5.41, 5.74) is 10.6. The Bertz CT molecular complexity index is 614. The van der Waals surface area contributed by atoms with Gasteiger partial charge in [-0.2, -0.15) is 0 Å². The highest BCUT2D eigenvalue weighted by Crippen LogP contribution is 2.33. The van der Waals surface area contributed by atoms with Crippen molar-refractivity contribution in [3.63, 3.8) is 0 Å². The highest BCUT2D eigenvalue weighted by atomic mass is 16.1. The first-order valence-electron chi connectivity index (χ1n) is 5.33. The molecule has 1 aromatic carbocycles. The van der Waals surface area contributed by atoms with Crippen molar-refractivity contribution in [1.82, 2.24) is 4.98 Å². The van der Waals surface area contributed by atoms with E-state index in [4.69, 9.17) is 5.73 Å². The van der Waals surface area contributed by atoms with E-state index in [-0.39, 0.29) is 5.56 Å². The van der Waals surface area contributed by atoms with Crippen LogP contribution in [0.15, 0.2) is 35.1 Å². The number of rotatable bonds is 1. The van der Waals surface area contributed by atoms with Crippen molar-refractivity contribution in [2.45, 2.75) is 13.0 Å². The van der Waals surface area contributed by atoms with Gasteiger partial charge < -0.3 is 10.7 Å². The van der Waals surface area contributed by atoms with Gasteiger partial charge in [-0.1, -0.05) is 24.3 Å². The molecule has 1 aromatic heterocycles. The lowest BCUT2D eigenvalue weighted by molar-refractivity contribution is 1.01. The maximum atomic E-state index is 11.7. The van der Waals surface area contributed by atoms with E-state index in [9.17, 15) is 4.79 Å². The highest BCUT2D eigenvalue weighted by Gasteiger charge is 2.19. The predicted octanol–water partition coefficient (Wildman–Crippen LogP) is 1.40. The van der Waals surface area contributed by atoms with Crippen LogP contribution in [-0.2, 0) is 13.0 Å². The molecule has 3 nitrogen and oxygen atoms in total. The van der Waals surface area contributed by atoms with E-state index in [1.807, 2.05) is 24.3 Å². The molecule has 3 rings (SSSR count). The third-order valence-corrected chi connectivity index (χ3v) is 3.09. The van der Waals surface area contributed by atoms with Crippen LogP contribution >= 0.6 is 0 Å². The fourth-order valence-electron chi connectivity index (χ4n) is 2.28. The molecule has 80 valence electrons. The largest absolute Gasteiger partial charge is 0.326 e. The Morgan fingerprint density at radius 3 is 2.88 bits per heavy atom. The smallest absolute Gasteiger partial charge is 0.252 e. The second-order valence-electron chi connectivity index (χ2n) is 4.06. The van der Waals surface area contributed by atoms with E-state index < -0.39 is 0 Å². The molecule has 0 spiro atoms. The monoisotopic (exact) mass is 212 g/mol. The first-order valence-corrected chi connectivity index (χ1v) is 5.33. The number of fused-ring (bicyclic) bond motifs is 3. The molecule has 1 aliphatic carbocycles. The lowest BCUT2D eigenvalue weighted by Gasteiger charge is -2.02. The summed E-state index contributed by atoms with van der Waals surface area (Å²) in [5, 5.41) is 0. The molecule has 0 amide bonds. The molecule has 0 fully saturated rings. The molecule has 0 aliphatic heterocycles. The molecule has 0 atom stereocenters. The van der Waals surface area contributed by atoms with Gasteiger partial charge >= 0.3 is 0 Å². The molecule has 0 unspecified atom stereocenters. The minimum Gasteiger partial charge on any atom is -0.326 e. The minimum absolute atomic E-state index is 0.0713. The zero-order valence-electron chi connectivity index (χ0n) is 8.79. The first kappa shape index (κ1) is 9.36. The SMILES string of the molecule is NCc1cc2c([nH]c1=O)-c1ccccc1C2. The van der Waals surface area contributed by atoms with Crippen LogP contribution in [0.5, 0.6) is 0 Å². The number of aromatic nitrogens is 1. The lowest BCUT2D eigenvalue weighted by Crippen LogP contribution is -2.16. The number of pyridine rings is 1. The summed E-state index contributed by atoms with van der Waals surface area (Å²) in [4.78, 5) is 14.6. The zero-order valence-corrected chi connectivity index (χ0v) is 8.79. The van der Waals surface area contributed by atoms with Gasteiger partial charge in [0.2, 0.25) is 0 Å². The Kier molecular flexibility index (Phi) is 1.94. The van der Waals surface area contributed by atoms with Gasteiger partial charge in [-0.15, -0.1) is 0 Å². The second kappa shape index (κ2) is 3.32. The summed E-state index contributed by atoms with van der Waals surface area (Å²) >= 11 is 0. The quantitative estimate of drug-likeness (QED) is 0.640. The van der Waals surface area contributed by atoms with Crippen LogP contribution < -0.4 is 11.3 Å². The molecule has 3 N–H and O–H groups in total. The topological polar surface area (TPSA) is 58.9 Å². The maximum absolute atomic E-state index is 11.7. The number of H-pyrrole nitrogens is 1. The van der Waals surface area contributed by atoms with Crippen LogP contribution in [0.3, 0.4) is 0 Å². The third kappa shape index (κ3) is 1.22. The maximum Gasteiger partial charge on any atom is 0.252 e. The standard InChI is InChI=1S/C13H12N2O/c14-7-10-6-9-5-8-3-1-2-4-11(8)12(9)15-13(10)16/h1-4,6H,5,7,14H2,(H,15,16). The number of hydrogen-bond acceptors (Lipinski definition) is 2. The second-order valence-corrected chi connectivity index (χ2v) is 4.06. The molecule has 0 saturated heterocycles. The summed E-state index contributed by atoms with van der Waals surface area (Å²) in [5.74, 6) is 0. The van der Waals surface area contributed by atoms with Crippen LogP contribution in [0, 0.1) is 0 Å². The molecular formula is C13H12N2O. The van der Waals surface area contributed by atoms with Gasteiger partial charge in [-0.25, -0.2) is 0 Å². The summed E-state index contributed by atoms with van der Waals surface area (Å²) in [7, 11) is 0. The van der Waals surface area contributed by atoms with Crippen LogP contribution in [-0.4, -0.2) is 4.98 Å². The summed E-state index contributed by atoms with van der Waals surface area (Å²) in [6.45, 7) is 0.291. The zero-order chi connectivity index (χ0) is 11.1. The Morgan fingerprint density at radius 2 is 2.06 bits per heavy atom. The van der Waals surface area contributed by atoms with Gasteiger partial charge in [0.25, 0.3) is 5.56 Å². The van der Waals surface area contributed by atoms with Crippen LogP contribution in [0.1, 0.15) is 16.7 Å². The highest BCUT2D eigenvalue weighted by molar-refractivity contribution is 5.73. The Morgan fingerprint density at radius 1 is 1.25 bits per heavy atom. The van der Waals surface area contributed by atoms with Gasteiger partial charge in [-0.3, -0.25) is 4.79 Å². The molecular weight excluding hydrogens is 200 g/mol. The molecule has 1 heterocycles. The molecule has 3 heteroatoms. The van der Waals surface area contributed by atoms with Crippen molar-refractivity contribution in [2.24, 2.45) is 5.73 Å². The van der Waals surface area contributed by atoms with Gasteiger partial charge in [0.05, 0.1) is 5.69 Å². The Labute approximate surface area is 92.9 Å². The van der Waals surface area contributed by atoms with E-state index in [2.05, 4.69) is 11.1 Å². The van der Waals surface area contributed by atoms with Crippen molar-refractivity contribution in [3.05, 3.63) is 57.4 Å². The molecule has 0 radical (unpaired) electrons. The van der Waals surface area contributed by atoms with Gasteiger partial charge in [0.1, 0.15) is 0 Å². The van der Waals surface area contributed by atoms with E-state index >= 15 is 0 Å². The number of nitrogens with one attached hydrogen (secondary N) is 1. The molecule has 0 saturated carbocycles. The average Bonchev–Trinajstić information content (AvgIpc) is 2.66. The van der Waals surface area contributed by atoms with Crippen molar-refractivity contribution in [1.29, 1.82) is 0 Å². The van der Waals surface area contributed by atoms with Gasteiger partial charge in [-0.05, 0) is 17.2 Å². The number of aromatic amines is 1. The Hall–Kier alpha value is -1.87. The molecule has 0 bridgehead atoms. The third-order valence-electron chi connectivity index (χ3n) is 3.09. The van der Waals surface area contributed by atoms with E-state index in [1.54, 1.807) is 0 Å².